The van der Waals surface area contributed by atoms with Crippen LogP contribution in [0.5, 0.6) is 0 Å². The Balaban J connectivity index is 1.52. The van der Waals surface area contributed by atoms with Gasteiger partial charge in [-0.05, 0) is 74.6 Å². The van der Waals surface area contributed by atoms with Gasteiger partial charge in [0.1, 0.15) is 0 Å². The first kappa shape index (κ1) is 18.3. The summed E-state index contributed by atoms with van der Waals surface area (Å²) in [5.41, 5.74) is 7.12. The summed E-state index contributed by atoms with van der Waals surface area (Å²) in [6.45, 7) is 2.10. The fourth-order valence-corrected chi connectivity index (χ4v) is 5.05. The number of para-hydroxylation sites is 1. The molecule has 0 saturated carbocycles. The molecule has 1 aliphatic rings. The highest BCUT2D eigenvalue weighted by Crippen LogP contribution is 2.49. The van der Waals surface area contributed by atoms with Crippen molar-refractivity contribution in [2.45, 2.75) is 16.2 Å². The van der Waals surface area contributed by atoms with Crippen LogP contribution in [0.4, 0.5) is 11.4 Å². The topological polar surface area (TPSA) is 35.2 Å². The number of hydrogen-bond donors (Lipinski definition) is 1. The molecule has 5 rings (SSSR count). The third-order valence-electron chi connectivity index (χ3n) is 5.37. The molecule has 29 heavy (non-hydrogen) atoms. The Morgan fingerprint density at radius 2 is 1.72 bits per heavy atom. The summed E-state index contributed by atoms with van der Waals surface area (Å²) >= 11 is 1.87. The van der Waals surface area contributed by atoms with E-state index in [4.69, 9.17) is 0 Å². The molecule has 1 aliphatic heterocycles. The molecule has 0 bridgehead atoms. The number of aromatic amines is 1. The van der Waals surface area contributed by atoms with Gasteiger partial charge in [-0.2, -0.15) is 0 Å². The molecule has 0 amide bonds. The Bertz CT molecular complexity index is 1160. The third-order valence-corrected chi connectivity index (χ3v) is 6.48. The second-order valence-electron chi connectivity index (χ2n) is 7.70. The van der Waals surface area contributed by atoms with Crippen molar-refractivity contribution in [1.29, 1.82) is 0 Å². The summed E-state index contributed by atoms with van der Waals surface area (Å²) in [7, 11) is 4.27. The van der Waals surface area contributed by atoms with Gasteiger partial charge in [-0.1, -0.05) is 36.0 Å². The number of H-pyrrole nitrogens is 1. The van der Waals surface area contributed by atoms with Crippen LogP contribution < -0.4 is 4.90 Å². The van der Waals surface area contributed by atoms with E-state index in [0.29, 0.717) is 0 Å². The SMILES string of the molecule is CN(C)CCCN1c2ccccc2Sc2cc(-c3ccc4[nH]cnc4c3)ccc21. The average molecular weight is 401 g/mol. The van der Waals surface area contributed by atoms with Crippen LogP contribution in [0.3, 0.4) is 0 Å². The number of nitrogens with zero attached hydrogens (tertiary/aromatic N) is 3. The maximum Gasteiger partial charge on any atom is 0.0931 e. The number of fused-ring (bicyclic) bond motifs is 3. The number of benzene rings is 3. The molecule has 1 N–H and O–H groups in total. The van der Waals surface area contributed by atoms with E-state index in [0.717, 1.165) is 30.5 Å². The van der Waals surface area contributed by atoms with Gasteiger partial charge in [-0.3, -0.25) is 0 Å². The van der Waals surface area contributed by atoms with Gasteiger partial charge in [-0.15, -0.1) is 0 Å². The average Bonchev–Trinajstić information content (AvgIpc) is 3.20. The maximum atomic E-state index is 4.41. The summed E-state index contributed by atoms with van der Waals surface area (Å²) in [5.74, 6) is 0. The first-order valence-corrected chi connectivity index (χ1v) is 10.8. The molecule has 146 valence electrons. The van der Waals surface area contributed by atoms with Crippen LogP contribution in [-0.4, -0.2) is 42.1 Å². The Morgan fingerprint density at radius 1 is 0.931 bits per heavy atom. The quantitative estimate of drug-likeness (QED) is 0.460. The number of imidazole rings is 1. The third kappa shape index (κ3) is 3.52. The molecule has 4 nitrogen and oxygen atoms in total. The van der Waals surface area contributed by atoms with Crippen molar-refractivity contribution in [1.82, 2.24) is 14.9 Å². The lowest BCUT2D eigenvalue weighted by atomic mass is 10.0. The number of aromatic nitrogens is 2. The van der Waals surface area contributed by atoms with Crippen molar-refractivity contribution in [3.8, 4) is 11.1 Å². The Hall–Kier alpha value is -2.76. The Labute approximate surface area is 175 Å². The molecule has 0 atom stereocenters. The fraction of sp³-hybridized carbons (Fsp3) is 0.208. The molecule has 0 fully saturated rings. The fourth-order valence-electron chi connectivity index (χ4n) is 3.91. The zero-order chi connectivity index (χ0) is 19.8. The molecule has 0 spiro atoms. The minimum atomic E-state index is 1.00. The molecule has 3 aromatic carbocycles. The van der Waals surface area contributed by atoms with Gasteiger partial charge in [0, 0.05) is 16.3 Å². The Morgan fingerprint density at radius 3 is 2.62 bits per heavy atom. The molecule has 1 aromatic heterocycles. The molecule has 0 radical (unpaired) electrons. The van der Waals surface area contributed by atoms with E-state index >= 15 is 0 Å². The molecule has 2 heterocycles. The van der Waals surface area contributed by atoms with E-state index in [1.165, 1.54) is 32.3 Å². The first-order chi connectivity index (χ1) is 14.2. The Kier molecular flexibility index (Phi) is 4.78. The number of nitrogens with one attached hydrogen (secondary N) is 1. The van der Waals surface area contributed by atoms with Crippen LogP contribution in [-0.2, 0) is 0 Å². The lowest BCUT2D eigenvalue weighted by Crippen LogP contribution is -2.25. The van der Waals surface area contributed by atoms with Crippen molar-refractivity contribution in [3.63, 3.8) is 0 Å². The van der Waals surface area contributed by atoms with E-state index in [-0.39, 0.29) is 0 Å². The molecule has 0 saturated heterocycles. The second kappa shape index (κ2) is 7.58. The highest BCUT2D eigenvalue weighted by atomic mass is 32.2. The van der Waals surface area contributed by atoms with Gasteiger partial charge in [0.25, 0.3) is 0 Å². The number of anilines is 2. The first-order valence-electron chi connectivity index (χ1n) is 9.96. The van der Waals surface area contributed by atoms with Crippen LogP contribution in [0.1, 0.15) is 6.42 Å². The highest BCUT2D eigenvalue weighted by molar-refractivity contribution is 7.99. The zero-order valence-electron chi connectivity index (χ0n) is 16.7. The summed E-state index contributed by atoms with van der Waals surface area (Å²) in [6.07, 6.45) is 2.88. The second-order valence-corrected chi connectivity index (χ2v) is 8.78. The molecular weight excluding hydrogens is 376 g/mol. The zero-order valence-corrected chi connectivity index (χ0v) is 17.5. The summed E-state index contributed by atoms with van der Waals surface area (Å²) in [4.78, 5) is 14.9. The maximum absolute atomic E-state index is 4.41. The lowest BCUT2D eigenvalue weighted by Gasteiger charge is -2.33. The van der Waals surface area contributed by atoms with Crippen molar-refractivity contribution >= 4 is 34.2 Å². The normalized spacial score (nSPS) is 13.0. The minimum absolute atomic E-state index is 1.00. The van der Waals surface area contributed by atoms with Gasteiger partial charge < -0.3 is 14.8 Å². The smallest absolute Gasteiger partial charge is 0.0931 e. The van der Waals surface area contributed by atoms with Crippen LogP contribution in [0.15, 0.2) is 76.8 Å². The van der Waals surface area contributed by atoms with E-state index in [1.54, 1.807) is 6.33 Å². The molecular formula is C24H24N4S. The summed E-state index contributed by atoms with van der Waals surface area (Å²) in [6, 6.07) is 22.0. The van der Waals surface area contributed by atoms with Crippen molar-refractivity contribution in [2.24, 2.45) is 0 Å². The van der Waals surface area contributed by atoms with Gasteiger partial charge in [0.2, 0.25) is 0 Å². The van der Waals surface area contributed by atoms with Crippen molar-refractivity contribution < 1.29 is 0 Å². The van der Waals surface area contributed by atoms with Crippen molar-refractivity contribution in [2.75, 3.05) is 32.1 Å². The summed E-state index contributed by atoms with van der Waals surface area (Å²) < 4.78 is 0. The molecule has 0 aliphatic carbocycles. The van der Waals surface area contributed by atoms with Crippen LogP contribution in [0, 0.1) is 0 Å². The number of rotatable bonds is 5. The van der Waals surface area contributed by atoms with Gasteiger partial charge in [0.05, 0.1) is 28.7 Å². The predicted molar refractivity (Wildman–Crippen MR) is 122 cm³/mol. The lowest BCUT2D eigenvalue weighted by molar-refractivity contribution is 0.402. The largest absolute Gasteiger partial charge is 0.345 e. The van der Waals surface area contributed by atoms with Crippen LogP contribution in [0.2, 0.25) is 0 Å². The van der Waals surface area contributed by atoms with Crippen molar-refractivity contribution in [3.05, 3.63) is 67.0 Å². The van der Waals surface area contributed by atoms with E-state index in [2.05, 4.69) is 94.5 Å². The molecule has 5 heteroatoms. The van der Waals surface area contributed by atoms with Crippen LogP contribution in [0.25, 0.3) is 22.2 Å². The van der Waals surface area contributed by atoms with E-state index in [1.807, 2.05) is 11.8 Å². The minimum Gasteiger partial charge on any atom is -0.345 e. The van der Waals surface area contributed by atoms with E-state index in [9.17, 15) is 0 Å². The van der Waals surface area contributed by atoms with E-state index < -0.39 is 0 Å². The molecule has 0 unspecified atom stereocenters. The predicted octanol–water partition coefficient (Wildman–Crippen LogP) is 5.78. The van der Waals surface area contributed by atoms with Gasteiger partial charge in [-0.25, -0.2) is 4.98 Å². The van der Waals surface area contributed by atoms with Gasteiger partial charge >= 0.3 is 0 Å². The van der Waals surface area contributed by atoms with Crippen LogP contribution >= 0.6 is 11.8 Å². The summed E-state index contributed by atoms with van der Waals surface area (Å²) in [5, 5.41) is 0. The number of hydrogen-bond acceptors (Lipinski definition) is 4. The standard InChI is InChI=1S/C24H24N4S/c1-27(2)12-5-13-28-21-6-3-4-7-23(21)29-24-15-18(9-11-22(24)28)17-8-10-19-20(14-17)26-16-25-19/h3-4,6-11,14-16H,5,12-13H2,1-2H3,(H,25,26). The highest BCUT2D eigenvalue weighted by Gasteiger charge is 2.23. The molecule has 4 aromatic rings. The monoisotopic (exact) mass is 400 g/mol. The van der Waals surface area contributed by atoms with Gasteiger partial charge in [0.15, 0.2) is 0 Å².